The standard InChI is InChI=1S/C18H16BrN/c1-13(6-7-14-8-10-15(19)11-9-14)17-12-20-18-5-3-2-4-16(17)18/h2-13,20H,1H3/b7-6+. The van der Waals surface area contributed by atoms with Crippen LogP contribution in [0.2, 0.25) is 0 Å². The van der Waals surface area contributed by atoms with E-state index in [1.165, 1.54) is 22.0 Å². The summed E-state index contributed by atoms with van der Waals surface area (Å²) >= 11 is 3.46. The molecule has 1 heterocycles. The number of halogens is 1. The van der Waals surface area contributed by atoms with Crippen LogP contribution in [0.15, 0.2) is 65.3 Å². The summed E-state index contributed by atoms with van der Waals surface area (Å²) in [6, 6.07) is 16.8. The number of nitrogens with one attached hydrogen (secondary N) is 1. The Morgan fingerprint density at radius 2 is 1.80 bits per heavy atom. The summed E-state index contributed by atoms with van der Waals surface area (Å²) in [4.78, 5) is 3.33. The first-order valence-corrected chi connectivity index (χ1v) is 7.53. The molecule has 0 aliphatic carbocycles. The lowest BCUT2D eigenvalue weighted by molar-refractivity contribution is 0.984. The molecule has 3 aromatic rings. The molecule has 1 nitrogen and oxygen atoms in total. The summed E-state index contributed by atoms with van der Waals surface area (Å²) in [5, 5.41) is 1.31. The van der Waals surface area contributed by atoms with E-state index in [0.717, 1.165) is 4.47 Å². The van der Waals surface area contributed by atoms with E-state index < -0.39 is 0 Å². The molecule has 0 aliphatic rings. The highest BCUT2D eigenvalue weighted by atomic mass is 79.9. The van der Waals surface area contributed by atoms with Crippen LogP contribution in [0.25, 0.3) is 17.0 Å². The fourth-order valence-corrected chi connectivity index (χ4v) is 2.67. The van der Waals surface area contributed by atoms with Gasteiger partial charge in [0.2, 0.25) is 0 Å². The predicted molar refractivity (Wildman–Crippen MR) is 89.9 cm³/mol. The Bertz CT molecular complexity index is 737. The second-order valence-electron chi connectivity index (χ2n) is 4.99. The average molecular weight is 326 g/mol. The molecule has 1 atom stereocenters. The number of aromatic nitrogens is 1. The summed E-state index contributed by atoms with van der Waals surface area (Å²) in [7, 11) is 0. The van der Waals surface area contributed by atoms with Gasteiger partial charge in [0.1, 0.15) is 0 Å². The fourth-order valence-electron chi connectivity index (χ4n) is 2.40. The molecule has 3 rings (SSSR count). The fraction of sp³-hybridized carbons (Fsp3) is 0.111. The Balaban J connectivity index is 1.85. The zero-order valence-electron chi connectivity index (χ0n) is 11.3. The van der Waals surface area contributed by atoms with Gasteiger partial charge in [0.05, 0.1) is 0 Å². The van der Waals surface area contributed by atoms with Crippen molar-refractivity contribution >= 4 is 32.9 Å². The van der Waals surface area contributed by atoms with Crippen LogP contribution in [0, 0.1) is 0 Å². The molecule has 100 valence electrons. The van der Waals surface area contributed by atoms with Crippen molar-refractivity contribution in [1.82, 2.24) is 4.98 Å². The maximum absolute atomic E-state index is 3.46. The smallest absolute Gasteiger partial charge is 0.0457 e. The molecule has 0 amide bonds. The molecule has 0 radical (unpaired) electrons. The predicted octanol–water partition coefficient (Wildman–Crippen LogP) is 5.75. The summed E-state index contributed by atoms with van der Waals surface area (Å²) in [5.41, 5.74) is 3.76. The maximum atomic E-state index is 3.46. The number of rotatable bonds is 3. The van der Waals surface area contributed by atoms with Gasteiger partial charge < -0.3 is 4.98 Å². The van der Waals surface area contributed by atoms with Crippen molar-refractivity contribution in [3.8, 4) is 0 Å². The van der Waals surface area contributed by atoms with E-state index in [9.17, 15) is 0 Å². The van der Waals surface area contributed by atoms with Gasteiger partial charge in [-0.3, -0.25) is 0 Å². The van der Waals surface area contributed by atoms with Gasteiger partial charge in [-0.05, 0) is 29.3 Å². The van der Waals surface area contributed by atoms with Crippen LogP contribution in [0.5, 0.6) is 0 Å². The second kappa shape index (κ2) is 5.68. The third-order valence-corrected chi connectivity index (χ3v) is 4.09. The van der Waals surface area contributed by atoms with E-state index in [1.54, 1.807) is 0 Å². The van der Waals surface area contributed by atoms with Crippen LogP contribution in [0.4, 0.5) is 0 Å². The number of para-hydroxylation sites is 1. The molecule has 20 heavy (non-hydrogen) atoms. The highest BCUT2D eigenvalue weighted by Crippen LogP contribution is 2.26. The normalized spacial score (nSPS) is 13.1. The molecule has 0 saturated carbocycles. The minimum Gasteiger partial charge on any atom is -0.361 e. The zero-order chi connectivity index (χ0) is 13.9. The Labute approximate surface area is 127 Å². The average Bonchev–Trinajstić information content (AvgIpc) is 2.90. The molecule has 0 saturated heterocycles. The Morgan fingerprint density at radius 1 is 1.05 bits per heavy atom. The van der Waals surface area contributed by atoms with E-state index in [1.807, 2.05) is 0 Å². The van der Waals surface area contributed by atoms with Gasteiger partial charge in [-0.2, -0.15) is 0 Å². The lowest BCUT2D eigenvalue weighted by Gasteiger charge is -2.04. The minimum absolute atomic E-state index is 0.384. The molecule has 2 aromatic carbocycles. The van der Waals surface area contributed by atoms with Crippen molar-refractivity contribution in [3.63, 3.8) is 0 Å². The third-order valence-electron chi connectivity index (χ3n) is 3.56. The number of hydrogen-bond donors (Lipinski definition) is 1. The van der Waals surface area contributed by atoms with Gasteiger partial charge in [-0.25, -0.2) is 0 Å². The monoisotopic (exact) mass is 325 g/mol. The third kappa shape index (κ3) is 2.70. The summed E-state index contributed by atoms with van der Waals surface area (Å²) in [5.74, 6) is 0.384. The van der Waals surface area contributed by atoms with E-state index in [2.05, 4.69) is 94.7 Å². The Morgan fingerprint density at radius 3 is 2.60 bits per heavy atom. The SMILES string of the molecule is CC(/C=C/c1ccc(Br)cc1)c1c[nH]c2ccccc12. The van der Waals surface area contributed by atoms with E-state index >= 15 is 0 Å². The van der Waals surface area contributed by atoms with Crippen molar-refractivity contribution in [3.05, 3.63) is 76.4 Å². The number of hydrogen-bond acceptors (Lipinski definition) is 0. The molecular weight excluding hydrogens is 310 g/mol. The summed E-state index contributed by atoms with van der Waals surface area (Å²) in [6.45, 7) is 2.23. The van der Waals surface area contributed by atoms with Crippen molar-refractivity contribution in [2.75, 3.05) is 0 Å². The first-order chi connectivity index (χ1) is 9.74. The van der Waals surface area contributed by atoms with Gasteiger partial charge in [-0.1, -0.05) is 65.3 Å². The van der Waals surface area contributed by atoms with Crippen LogP contribution in [0.1, 0.15) is 24.0 Å². The summed E-state index contributed by atoms with van der Waals surface area (Å²) < 4.78 is 1.11. The molecule has 1 aromatic heterocycles. The maximum Gasteiger partial charge on any atom is 0.0457 e. The quantitative estimate of drug-likeness (QED) is 0.631. The van der Waals surface area contributed by atoms with Crippen LogP contribution in [-0.4, -0.2) is 4.98 Å². The minimum atomic E-state index is 0.384. The lowest BCUT2D eigenvalue weighted by Crippen LogP contribution is -1.86. The molecule has 1 unspecified atom stereocenters. The number of benzene rings is 2. The van der Waals surface area contributed by atoms with Crippen LogP contribution in [0.3, 0.4) is 0 Å². The van der Waals surface area contributed by atoms with Crippen LogP contribution >= 0.6 is 15.9 Å². The molecule has 0 fully saturated rings. The first-order valence-electron chi connectivity index (χ1n) is 6.74. The Hall–Kier alpha value is -1.80. The van der Waals surface area contributed by atoms with E-state index in [4.69, 9.17) is 0 Å². The number of aromatic amines is 1. The van der Waals surface area contributed by atoms with Gasteiger partial charge in [0.15, 0.2) is 0 Å². The molecule has 0 bridgehead atoms. The first kappa shape index (κ1) is 13.2. The van der Waals surface area contributed by atoms with E-state index in [0.29, 0.717) is 5.92 Å². The number of fused-ring (bicyclic) bond motifs is 1. The van der Waals surface area contributed by atoms with Gasteiger partial charge in [0, 0.05) is 27.5 Å². The number of H-pyrrole nitrogens is 1. The van der Waals surface area contributed by atoms with Crippen molar-refractivity contribution in [2.24, 2.45) is 0 Å². The topological polar surface area (TPSA) is 15.8 Å². The lowest BCUT2D eigenvalue weighted by atomic mass is 9.99. The van der Waals surface area contributed by atoms with Crippen molar-refractivity contribution in [1.29, 1.82) is 0 Å². The molecular formula is C18H16BrN. The van der Waals surface area contributed by atoms with Crippen LogP contribution < -0.4 is 0 Å². The molecule has 1 N–H and O–H groups in total. The van der Waals surface area contributed by atoms with Crippen LogP contribution in [-0.2, 0) is 0 Å². The van der Waals surface area contributed by atoms with Gasteiger partial charge in [0.25, 0.3) is 0 Å². The zero-order valence-corrected chi connectivity index (χ0v) is 12.9. The van der Waals surface area contributed by atoms with Gasteiger partial charge in [-0.15, -0.1) is 0 Å². The Kier molecular flexibility index (Phi) is 3.75. The highest BCUT2D eigenvalue weighted by molar-refractivity contribution is 9.10. The molecule has 0 spiro atoms. The highest BCUT2D eigenvalue weighted by Gasteiger charge is 2.07. The van der Waals surface area contributed by atoms with Crippen molar-refractivity contribution in [2.45, 2.75) is 12.8 Å². The second-order valence-corrected chi connectivity index (χ2v) is 5.90. The number of allylic oxidation sites excluding steroid dienone is 1. The van der Waals surface area contributed by atoms with E-state index in [-0.39, 0.29) is 0 Å². The molecule has 0 aliphatic heterocycles. The van der Waals surface area contributed by atoms with Crippen molar-refractivity contribution < 1.29 is 0 Å². The summed E-state index contributed by atoms with van der Waals surface area (Å²) in [6.07, 6.45) is 6.54. The largest absolute Gasteiger partial charge is 0.361 e. The molecule has 2 heteroatoms. The van der Waals surface area contributed by atoms with Gasteiger partial charge >= 0.3 is 0 Å².